The van der Waals surface area contributed by atoms with Crippen LogP contribution in [-0.2, 0) is 0 Å². The van der Waals surface area contributed by atoms with Crippen LogP contribution in [0.3, 0.4) is 0 Å². The van der Waals surface area contributed by atoms with Crippen molar-refractivity contribution in [3.63, 3.8) is 0 Å². The third-order valence-corrected chi connectivity index (χ3v) is 0.709. The third-order valence-electron chi connectivity index (χ3n) is 0.709. The van der Waals surface area contributed by atoms with Crippen molar-refractivity contribution in [1.29, 1.82) is 0 Å². The molecule has 0 rings (SSSR count). The van der Waals surface area contributed by atoms with Gasteiger partial charge in [0.1, 0.15) is 0 Å². The second kappa shape index (κ2) is 2.44. The minimum Gasteiger partial charge on any atom is -0.366 e. The molecule has 0 heterocycles. The van der Waals surface area contributed by atoms with Crippen LogP contribution in [0.1, 0.15) is 20.3 Å². The van der Waals surface area contributed by atoms with E-state index in [-0.39, 0.29) is 12.5 Å². The van der Waals surface area contributed by atoms with Gasteiger partial charge in [-0.25, -0.2) is 0 Å². The Kier molecular flexibility index (Phi) is 2.40. The fourth-order valence-corrected chi connectivity index (χ4v) is 0.610. The SMILES string of the molecule is CC(N)CC(C)(O)O. The molecule has 0 aromatic rings. The summed E-state index contributed by atoms with van der Waals surface area (Å²) in [6.07, 6.45) is 0.215. The van der Waals surface area contributed by atoms with Crippen molar-refractivity contribution in [3.8, 4) is 0 Å². The highest BCUT2D eigenvalue weighted by Crippen LogP contribution is 2.04. The van der Waals surface area contributed by atoms with E-state index >= 15 is 0 Å². The molecule has 1 atom stereocenters. The van der Waals surface area contributed by atoms with E-state index in [0.29, 0.717) is 0 Å². The first-order valence-corrected chi connectivity index (χ1v) is 2.62. The van der Waals surface area contributed by atoms with Crippen LogP contribution in [0.4, 0.5) is 0 Å². The normalized spacial score (nSPS) is 16.1. The fraction of sp³-hybridized carbons (Fsp3) is 1.00. The lowest BCUT2D eigenvalue weighted by Crippen LogP contribution is -2.32. The molecule has 0 amide bonds. The predicted molar refractivity (Wildman–Crippen MR) is 31.1 cm³/mol. The summed E-state index contributed by atoms with van der Waals surface area (Å²) in [4.78, 5) is 0. The van der Waals surface area contributed by atoms with Crippen LogP contribution < -0.4 is 5.73 Å². The lowest BCUT2D eigenvalue weighted by atomic mass is 10.1. The van der Waals surface area contributed by atoms with Crippen LogP contribution in [0.2, 0.25) is 0 Å². The van der Waals surface area contributed by atoms with E-state index in [9.17, 15) is 0 Å². The summed E-state index contributed by atoms with van der Waals surface area (Å²) in [7, 11) is 0. The van der Waals surface area contributed by atoms with E-state index in [1.165, 1.54) is 6.92 Å². The first-order valence-electron chi connectivity index (χ1n) is 2.62. The average Bonchev–Trinajstić information content (AvgIpc) is 1.21. The van der Waals surface area contributed by atoms with Crippen LogP contribution in [-0.4, -0.2) is 22.0 Å². The van der Waals surface area contributed by atoms with Crippen molar-refractivity contribution in [1.82, 2.24) is 0 Å². The quantitative estimate of drug-likeness (QED) is 0.426. The first-order chi connectivity index (χ1) is 3.42. The van der Waals surface area contributed by atoms with Crippen LogP contribution in [0.5, 0.6) is 0 Å². The molecule has 0 aromatic heterocycles. The Hall–Kier alpha value is -0.120. The maximum atomic E-state index is 8.66. The van der Waals surface area contributed by atoms with E-state index < -0.39 is 5.79 Å². The molecule has 3 nitrogen and oxygen atoms in total. The van der Waals surface area contributed by atoms with Gasteiger partial charge in [0.25, 0.3) is 0 Å². The lowest BCUT2D eigenvalue weighted by Gasteiger charge is -2.17. The van der Waals surface area contributed by atoms with Crippen molar-refractivity contribution >= 4 is 0 Å². The van der Waals surface area contributed by atoms with Gasteiger partial charge in [-0.15, -0.1) is 0 Å². The molecule has 50 valence electrons. The van der Waals surface area contributed by atoms with Crippen LogP contribution in [0.15, 0.2) is 0 Å². The van der Waals surface area contributed by atoms with Crippen LogP contribution >= 0.6 is 0 Å². The van der Waals surface area contributed by atoms with Crippen molar-refractivity contribution in [2.24, 2.45) is 5.73 Å². The van der Waals surface area contributed by atoms with Crippen molar-refractivity contribution in [2.45, 2.75) is 32.1 Å². The van der Waals surface area contributed by atoms with E-state index in [2.05, 4.69) is 0 Å². The van der Waals surface area contributed by atoms with Crippen LogP contribution in [0, 0.1) is 0 Å². The Bertz CT molecular complexity index is 65.3. The molecular weight excluding hydrogens is 106 g/mol. The highest BCUT2D eigenvalue weighted by molar-refractivity contribution is 4.63. The van der Waals surface area contributed by atoms with Gasteiger partial charge < -0.3 is 15.9 Å². The summed E-state index contributed by atoms with van der Waals surface area (Å²) in [5.41, 5.74) is 5.26. The molecule has 0 spiro atoms. The first kappa shape index (κ1) is 7.88. The molecule has 0 aliphatic carbocycles. The summed E-state index contributed by atoms with van der Waals surface area (Å²) in [5, 5.41) is 17.3. The molecule has 0 saturated carbocycles. The largest absolute Gasteiger partial charge is 0.366 e. The summed E-state index contributed by atoms with van der Waals surface area (Å²) >= 11 is 0. The highest BCUT2D eigenvalue weighted by Gasteiger charge is 2.16. The molecule has 3 heteroatoms. The third kappa shape index (κ3) is 5.88. The zero-order chi connectivity index (χ0) is 6.78. The molecule has 0 radical (unpaired) electrons. The molecule has 0 bridgehead atoms. The van der Waals surface area contributed by atoms with E-state index in [1.54, 1.807) is 6.92 Å². The van der Waals surface area contributed by atoms with Gasteiger partial charge in [-0.3, -0.25) is 0 Å². The zero-order valence-corrected chi connectivity index (χ0v) is 5.26. The Labute approximate surface area is 49.1 Å². The molecule has 0 fully saturated rings. The second-order valence-electron chi connectivity index (χ2n) is 2.40. The average molecular weight is 119 g/mol. The zero-order valence-electron chi connectivity index (χ0n) is 5.26. The fourth-order valence-electron chi connectivity index (χ4n) is 0.610. The molecule has 0 aliphatic heterocycles. The lowest BCUT2D eigenvalue weighted by molar-refractivity contribution is -0.151. The summed E-state index contributed by atoms with van der Waals surface area (Å²) in [5.74, 6) is -1.60. The molecule has 1 unspecified atom stereocenters. The van der Waals surface area contributed by atoms with Crippen molar-refractivity contribution in [3.05, 3.63) is 0 Å². The van der Waals surface area contributed by atoms with Gasteiger partial charge >= 0.3 is 0 Å². The molecule has 4 N–H and O–H groups in total. The van der Waals surface area contributed by atoms with Gasteiger partial charge in [-0.2, -0.15) is 0 Å². The number of hydrogen-bond donors (Lipinski definition) is 3. The number of aliphatic hydroxyl groups is 2. The molecule has 0 saturated heterocycles. The Morgan fingerprint density at radius 1 is 1.62 bits per heavy atom. The Morgan fingerprint density at radius 2 is 2.00 bits per heavy atom. The molecule has 0 aromatic carbocycles. The second-order valence-corrected chi connectivity index (χ2v) is 2.40. The summed E-state index contributed by atoms with van der Waals surface area (Å²) in [6.45, 7) is 3.04. The highest BCUT2D eigenvalue weighted by atomic mass is 16.5. The monoisotopic (exact) mass is 119 g/mol. The molecular formula is C5H13NO2. The maximum absolute atomic E-state index is 8.66. The van der Waals surface area contributed by atoms with E-state index in [0.717, 1.165) is 0 Å². The predicted octanol–water partition coefficient (Wildman–Crippen LogP) is -0.576. The van der Waals surface area contributed by atoms with Gasteiger partial charge in [0.2, 0.25) is 0 Å². The van der Waals surface area contributed by atoms with Gasteiger partial charge in [0.15, 0.2) is 5.79 Å². The standard InChI is InChI=1S/C5H13NO2/c1-4(6)3-5(2,7)8/h4,7-8H,3,6H2,1-2H3. The Morgan fingerprint density at radius 3 is 2.00 bits per heavy atom. The van der Waals surface area contributed by atoms with Crippen molar-refractivity contribution < 1.29 is 10.2 Å². The summed E-state index contributed by atoms with van der Waals surface area (Å²) < 4.78 is 0. The van der Waals surface area contributed by atoms with E-state index in [1.807, 2.05) is 0 Å². The number of hydrogen-bond acceptors (Lipinski definition) is 3. The van der Waals surface area contributed by atoms with Gasteiger partial charge in [-0.1, -0.05) is 0 Å². The van der Waals surface area contributed by atoms with Gasteiger partial charge in [0, 0.05) is 12.5 Å². The smallest absolute Gasteiger partial charge is 0.161 e. The topological polar surface area (TPSA) is 66.5 Å². The molecule has 8 heavy (non-hydrogen) atoms. The van der Waals surface area contributed by atoms with Gasteiger partial charge in [0.05, 0.1) is 0 Å². The minimum absolute atomic E-state index is 0.157. The Balaban J connectivity index is 3.39. The van der Waals surface area contributed by atoms with Gasteiger partial charge in [-0.05, 0) is 13.8 Å². The summed E-state index contributed by atoms with van der Waals surface area (Å²) in [6, 6.07) is -0.157. The number of nitrogens with two attached hydrogens (primary N) is 1. The van der Waals surface area contributed by atoms with Crippen LogP contribution in [0.25, 0.3) is 0 Å². The number of rotatable bonds is 2. The maximum Gasteiger partial charge on any atom is 0.161 e. The van der Waals surface area contributed by atoms with E-state index in [4.69, 9.17) is 15.9 Å². The minimum atomic E-state index is -1.60. The van der Waals surface area contributed by atoms with Crippen molar-refractivity contribution in [2.75, 3.05) is 0 Å². The molecule has 0 aliphatic rings.